The molecule has 0 aromatic rings. The van der Waals surface area contributed by atoms with E-state index >= 15 is 0 Å². The minimum absolute atomic E-state index is 0.511. The summed E-state index contributed by atoms with van der Waals surface area (Å²) in [4.78, 5) is 0. The summed E-state index contributed by atoms with van der Waals surface area (Å²) in [5.41, 5.74) is 1.08. The van der Waals surface area contributed by atoms with E-state index in [1.165, 1.54) is 19.3 Å². The van der Waals surface area contributed by atoms with Gasteiger partial charge in [0, 0.05) is 0 Å². The van der Waals surface area contributed by atoms with Gasteiger partial charge in [-0.3, -0.25) is 0 Å². The largest absolute Gasteiger partial charge is 0.0620 e. The summed E-state index contributed by atoms with van der Waals surface area (Å²) in [6, 6.07) is 0. The van der Waals surface area contributed by atoms with E-state index in [0.717, 1.165) is 11.8 Å². The molecule has 0 heterocycles. The maximum Gasteiger partial charge on any atom is -0.0326 e. The molecule has 1 aliphatic carbocycles. The lowest BCUT2D eigenvalue weighted by Crippen LogP contribution is -2.35. The molecule has 0 amide bonds. The Morgan fingerprint density at radius 2 is 1.62 bits per heavy atom. The highest BCUT2D eigenvalue weighted by Gasteiger charge is 2.38. The standard InChI is InChI=1S/C13H26/c1-10-7-8-11(12(2,3)4)9-13(10,5)6/h10-11H,7-9H2,1-6H3. The molecule has 13 heavy (non-hydrogen) atoms. The molecule has 78 valence electrons. The topological polar surface area (TPSA) is 0 Å². The summed E-state index contributed by atoms with van der Waals surface area (Å²) in [6.45, 7) is 14.5. The van der Waals surface area contributed by atoms with E-state index in [1.54, 1.807) is 0 Å². The zero-order valence-corrected chi connectivity index (χ0v) is 10.3. The van der Waals surface area contributed by atoms with E-state index in [1.807, 2.05) is 0 Å². The van der Waals surface area contributed by atoms with Gasteiger partial charge in [-0.1, -0.05) is 41.5 Å². The van der Waals surface area contributed by atoms with Crippen LogP contribution in [0, 0.1) is 22.7 Å². The zero-order valence-electron chi connectivity index (χ0n) is 10.3. The molecular formula is C13H26. The second-order valence-electron chi connectivity index (χ2n) is 6.73. The highest BCUT2D eigenvalue weighted by atomic mass is 14.4. The SMILES string of the molecule is CC1CCC(C(C)(C)C)CC1(C)C. The highest BCUT2D eigenvalue weighted by molar-refractivity contribution is 4.88. The molecule has 0 radical (unpaired) electrons. The monoisotopic (exact) mass is 182 g/mol. The third-order valence-electron chi connectivity index (χ3n) is 4.28. The van der Waals surface area contributed by atoms with Crippen molar-refractivity contribution in [1.82, 2.24) is 0 Å². The Kier molecular flexibility index (Phi) is 2.81. The van der Waals surface area contributed by atoms with E-state index in [0.29, 0.717) is 10.8 Å². The predicted octanol–water partition coefficient (Wildman–Crippen LogP) is 4.49. The molecule has 1 aliphatic rings. The van der Waals surface area contributed by atoms with Crippen LogP contribution in [0.25, 0.3) is 0 Å². The van der Waals surface area contributed by atoms with E-state index in [-0.39, 0.29) is 0 Å². The average molecular weight is 182 g/mol. The Hall–Kier alpha value is 0. The van der Waals surface area contributed by atoms with Crippen molar-refractivity contribution < 1.29 is 0 Å². The fourth-order valence-corrected chi connectivity index (χ4v) is 2.52. The molecule has 1 rings (SSSR count). The molecule has 0 spiro atoms. The van der Waals surface area contributed by atoms with E-state index < -0.39 is 0 Å². The van der Waals surface area contributed by atoms with Crippen LogP contribution in [0.4, 0.5) is 0 Å². The minimum atomic E-state index is 0.511. The van der Waals surface area contributed by atoms with Crippen LogP contribution in [-0.2, 0) is 0 Å². The molecule has 0 saturated heterocycles. The first-order valence-electron chi connectivity index (χ1n) is 5.73. The van der Waals surface area contributed by atoms with Gasteiger partial charge in [-0.05, 0) is 41.9 Å². The van der Waals surface area contributed by atoms with Crippen LogP contribution in [0.15, 0.2) is 0 Å². The van der Waals surface area contributed by atoms with Gasteiger partial charge in [0.15, 0.2) is 0 Å². The second kappa shape index (κ2) is 3.29. The van der Waals surface area contributed by atoms with Crippen molar-refractivity contribution in [3.05, 3.63) is 0 Å². The molecule has 0 aromatic carbocycles. The van der Waals surface area contributed by atoms with Crippen LogP contribution in [0.3, 0.4) is 0 Å². The third-order valence-corrected chi connectivity index (χ3v) is 4.28. The van der Waals surface area contributed by atoms with Gasteiger partial charge in [0.05, 0.1) is 0 Å². The Balaban J connectivity index is 2.66. The normalized spacial score (nSPS) is 34.6. The Labute approximate surface area is 84.1 Å². The maximum absolute atomic E-state index is 2.44. The Bertz CT molecular complexity index is 171. The summed E-state index contributed by atoms with van der Waals surface area (Å²) in [6.07, 6.45) is 4.28. The summed E-state index contributed by atoms with van der Waals surface area (Å²) in [5, 5.41) is 0. The zero-order chi connectivity index (χ0) is 10.3. The van der Waals surface area contributed by atoms with Crippen LogP contribution in [-0.4, -0.2) is 0 Å². The van der Waals surface area contributed by atoms with Crippen LogP contribution < -0.4 is 0 Å². The van der Waals surface area contributed by atoms with Gasteiger partial charge < -0.3 is 0 Å². The molecule has 2 atom stereocenters. The number of hydrogen-bond donors (Lipinski definition) is 0. The van der Waals surface area contributed by atoms with Crippen molar-refractivity contribution in [2.45, 2.75) is 60.8 Å². The molecule has 0 nitrogen and oxygen atoms in total. The van der Waals surface area contributed by atoms with Crippen LogP contribution >= 0.6 is 0 Å². The lowest BCUT2D eigenvalue weighted by atomic mass is 9.60. The first-order valence-corrected chi connectivity index (χ1v) is 5.73. The second-order valence-corrected chi connectivity index (χ2v) is 6.73. The third kappa shape index (κ3) is 2.48. The fraction of sp³-hybridized carbons (Fsp3) is 1.00. The van der Waals surface area contributed by atoms with E-state index in [2.05, 4.69) is 41.5 Å². The van der Waals surface area contributed by atoms with Crippen molar-refractivity contribution in [3.8, 4) is 0 Å². The summed E-state index contributed by atoms with van der Waals surface area (Å²) in [5.74, 6) is 1.84. The Morgan fingerprint density at radius 3 is 2.00 bits per heavy atom. The molecule has 2 unspecified atom stereocenters. The van der Waals surface area contributed by atoms with Gasteiger partial charge in [0.2, 0.25) is 0 Å². The minimum Gasteiger partial charge on any atom is -0.0620 e. The quantitative estimate of drug-likeness (QED) is 0.517. The van der Waals surface area contributed by atoms with Crippen molar-refractivity contribution in [3.63, 3.8) is 0 Å². The van der Waals surface area contributed by atoms with Gasteiger partial charge in [-0.2, -0.15) is 0 Å². The molecule has 0 N–H and O–H groups in total. The smallest absolute Gasteiger partial charge is 0.0326 e. The van der Waals surface area contributed by atoms with Crippen molar-refractivity contribution in [2.24, 2.45) is 22.7 Å². The van der Waals surface area contributed by atoms with Crippen LogP contribution in [0.1, 0.15) is 60.8 Å². The van der Waals surface area contributed by atoms with Gasteiger partial charge in [-0.25, -0.2) is 0 Å². The predicted molar refractivity (Wildman–Crippen MR) is 59.7 cm³/mol. The maximum atomic E-state index is 2.44. The first-order chi connectivity index (χ1) is 5.73. The molecule has 0 aromatic heterocycles. The van der Waals surface area contributed by atoms with Crippen molar-refractivity contribution in [1.29, 1.82) is 0 Å². The Morgan fingerprint density at radius 1 is 1.08 bits per heavy atom. The number of rotatable bonds is 0. The van der Waals surface area contributed by atoms with Crippen LogP contribution in [0.2, 0.25) is 0 Å². The molecule has 0 heteroatoms. The van der Waals surface area contributed by atoms with Crippen LogP contribution in [0.5, 0.6) is 0 Å². The summed E-state index contributed by atoms with van der Waals surface area (Å²) < 4.78 is 0. The molecule has 1 saturated carbocycles. The lowest BCUT2D eigenvalue weighted by molar-refractivity contribution is 0.0507. The van der Waals surface area contributed by atoms with Gasteiger partial charge in [0.25, 0.3) is 0 Å². The van der Waals surface area contributed by atoms with Crippen molar-refractivity contribution in [2.75, 3.05) is 0 Å². The summed E-state index contributed by atoms with van der Waals surface area (Å²) in [7, 11) is 0. The van der Waals surface area contributed by atoms with Crippen molar-refractivity contribution >= 4 is 0 Å². The summed E-state index contributed by atoms with van der Waals surface area (Å²) >= 11 is 0. The average Bonchev–Trinajstić information content (AvgIpc) is 1.92. The van der Waals surface area contributed by atoms with E-state index in [9.17, 15) is 0 Å². The van der Waals surface area contributed by atoms with E-state index in [4.69, 9.17) is 0 Å². The molecule has 0 bridgehead atoms. The molecule has 1 fully saturated rings. The fourth-order valence-electron chi connectivity index (χ4n) is 2.52. The van der Waals surface area contributed by atoms with Gasteiger partial charge in [-0.15, -0.1) is 0 Å². The number of hydrogen-bond acceptors (Lipinski definition) is 0. The molecular weight excluding hydrogens is 156 g/mol. The first kappa shape index (κ1) is 11.1. The van der Waals surface area contributed by atoms with Gasteiger partial charge in [0.1, 0.15) is 0 Å². The van der Waals surface area contributed by atoms with Gasteiger partial charge >= 0.3 is 0 Å². The highest BCUT2D eigenvalue weighted by Crippen LogP contribution is 2.48. The lowest BCUT2D eigenvalue weighted by Gasteiger charge is -2.45. The molecule has 0 aliphatic heterocycles.